The first-order chi connectivity index (χ1) is 20.4. The third kappa shape index (κ3) is 5.16. The van der Waals surface area contributed by atoms with Gasteiger partial charge >= 0.3 is 0 Å². The van der Waals surface area contributed by atoms with Crippen LogP contribution < -0.4 is 4.74 Å². The van der Waals surface area contributed by atoms with Crippen LogP contribution in [0, 0.1) is 11.3 Å². The topological polar surface area (TPSA) is 119 Å². The van der Waals surface area contributed by atoms with Gasteiger partial charge in [0.1, 0.15) is 17.9 Å². The molecule has 6 rings (SSSR count). The van der Waals surface area contributed by atoms with Crippen LogP contribution in [-0.4, -0.2) is 60.9 Å². The van der Waals surface area contributed by atoms with Crippen molar-refractivity contribution in [3.05, 3.63) is 102 Å². The smallest absolute Gasteiger partial charge is 0.269 e. The van der Waals surface area contributed by atoms with Crippen LogP contribution in [0.15, 0.2) is 95.4 Å². The average molecular weight is 584 g/mol. The number of allylic oxidation sites excluding steroid dienone is 1. The Bertz CT molecular complexity index is 1760. The summed E-state index contributed by atoms with van der Waals surface area (Å²) in [7, 11) is -4.02. The number of ether oxygens (including phenoxy) is 3. The largest absolute Gasteiger partial charge is 0.484 e. The Kier molecular flexibility index (Phi) is 7.51. The van der Waals surface area contributed by atoms with Crippen molar-refractivity contribution in [2.24, 2.45) is 4.99 Å². The predicted molar refractivity (Wildman–Crippen MR) is 157 cm³/mol. The molecule has 42 heavy (non-hydrogen) atoms. The highest BCUT2D eigenvalue weighted by molar-refractivity contribution is 7.89. The summed E-state index contributed by atoms with van der Waals surface area (Å²) in [5.74, 6) is 0.621. The zero-order chi connectivity index (χ0) is 29.3. The van der Waals surface area contributed by atoms with Crippen LogP contribution in [0.1, 0.15) is 36.1 Å². The Balaban J connectivity index is 1.38. The lowest BCUT2D eigenvalue weighted by molar-refractivity contribution is -0.0797. The second-order valence-electron chi connectivity index (χ2n) is 10.1. The van der Waals surface area contributed by atoms with E-state index < -0.39 is 10.0 Å². The van der Waals surface area contributed by atoms with Crippen LogP contribution in [0.5, 0.6) is 5.75 Å². The summed E-state index contributed by atoms with van der Waals surface area (Å²) < 4.78 is 47.0. The summed E-state index contributed by atoms with van der Waals surface area (Å²) in [5.41, 5.74) is 3.68. The van der Waals surface area contributed by atoms with Gasteiger partial charge in [0.15, 0.2) is 5.84 Å². The Labute approximate surface area is 244 Å². The minimum absolute atomic E-state index is 0.0948. The summed E-state index contributed by atoms with van der Waals surface area (Å²) in [5, 5.41) is 14.3. The van der Waals surface area contributed by atoms with E-state index in [-0.39, 0.29) is 22.9 Å². The van der Waals surface area contributed by atoms with E-state index >= 15 is 0 Å². The van der Waals surface area contributed by atoms with Gasteiger partial charge in [-0.05, 0) is 41.8 Å². The van der Waals surface area contributed by atoms with E-state index in [0.29, 0.717) is 60.9 Å². The number of nitrogens with zero attached hydrogens (tertiary/aromatic N) is 5. The van der Waals surface area contributed by atoms with E-state index in [0.717, 1.165) is 15.4 Å². The summed E-state index contributed by atoms with van der Waals surface area (Å²) in [6, 6.07) is 15.7. The van der Waals surface area contributed by atoms with Crippen molar-refractivity contribution in [1.29, 1.82) is 5.26 Å². The maximum Gasteiger partial charge on any atom is 0.269 e. The molecule has 4 heterocycles. The molecule has 3 aliphatic heterocycles. The lowest BCUT2D eigenvalue weighted by atomic mass is 9.99. The molecule has 214 valence electrons. The molecule has 0 aliphatic carbocycles. The van der Waals surface area contributed by atoms with Crippen LogP contribution >= 0.6 is 0 Å². The third-order valence-electron chi connectivity index (χ3n) is 7.35. The van der Waals surface area contributed by atoms with Gasteiger partial charge in [-0.25, -0.2) is 17.7 Å². The number of hydrogen-bond acceptors (Lipinski definition) is 8. The zero-order valence-corrected chi connectivity index (χ0v) is 23.8. The highest BCUT2D eigenvalue weighted by Gasteiger charge is 2.35. The van der Waals surface area contributed by atoms with E-state index in [1.54, 1.807) is 48.8 Å². The minimum Gasteiger partial charge on any atom is -0.484 e. The van der Waals surface area contributed by atoms with E-state index in [9.17, 15) is 13.7 Å². The van der Waals surface area contributed by atoms with Gasteiger partial charge in [-0.3, -0.25) is 4.68 Å². The fraction of sp³-hybridized carbons (Fsp3) is 0.258. The standard InChI is InChI=1S/C31H29N5O5S/c1-3-22(25-14-34-35(15-25)26-17-39-18-26)13-33-31-21(2)29(16-36(31)42(37,38)28-7-5-4-6-8-28)23-9-10-30(24(11-23)12-32)41-27-19-40-20-27/h4-11,13-16,26-27H,2-3,17-20H2,1H3/b22-13+,33-31?. The van der Waals surface area contributed by atoms with Crippen LogP contribution in [-0.2, 0) is 19.5 Å². The monoisotopic (exact) mass is 583 g/mol. The lowest BCUT2D eigenvalue weighted by Gasteiger charge is -2.27. The second kappa shape index (κ2) is 11.4. The van der Waals surface area contributed by atoms with Crippen LogP contribution in [0.2, 0.25) is 0 Å². The van der Waals surface area contributed by atoms with Gasteiger partial charge in [-0.1, -0.05) is 37.8 Å². The maximum atomic E-state index is 13.8. The van der Waals surface area contributed by atoms with Gasteiger partial charge in [-0.15, -0.1) is 0 Å². The van der Waals surface area contributed by atoms with Crippen molar-refractivity contribution in [1.82, 2.24) is 14.1 Å². The highest BCUT2D eigenvalue weighted by atomic mass is 32.2. The lowest BCUT2D eigenvalue weighted by Crippen LogP contribution is -2.38. The minimum atomic E-state index is -4.02. The molecule has 2 aromatic carbocycles. The molecule has 3 aromatic rings. The Hall–Kier alpha value is -4.50. The molecule has 2 fully saturated rings. The Morgan fingerprint density at radius 2 is 1.95 bits per heavy atom. The molecule has 0 spiro atoms. The second-order valence-corrected chi connectivity index (χ2v) is 11.9. The number of rotatable bonds is 9. The first-order valence-electron chi connectivity index (χ1n) is 13.6. The van der Waals surface area contributed by atoms with Crippen LogP contribution in [0.3, 0.4) is 0 Å². The molecule has 11 heteroatoms. The SMILES string of the molecule is C=C1C(c2ccc(OC3COC3)c(C#N)c2)=CN(S(=O)(=O)c2ccccc2)C1=N/C=C(\CC)c1cnn(C2COC2)c1. The number of aromatic nitrogens is 2. The van der Waals surface area contributed by atoms with Crippen molar-refractivity contribution in [2.45, 2.75) is 30.4 Å². The van der Waals surface area contributed by atoms with Crippen molar-refractivity contribution in [2.75, 3.05) is 26.4 Å². The van der Waals surface area contributed by atoms with Gasteiger partial charge < -0.3 is 14.2 Å². The number of aliphatic imine (C=N–C) groups is 1. The predicted octanol–water partition coefficient (Wildman–Crippen LogP) is 4.55. The van der Waals surface area contributed by atoms with Gasteiger partial charge in [0.05, 0.1) is 49.1 Å². The number of hydrogen-bond donors (Lipinski definition) is 0. The van der Waals surface area contributed by atoms with Crippen LogP contribution in [0.25, 0.3) is 11.1 Å². The molecule has 0 unspecified atom stereocenters. The normalized spacial score (nSPS) is 18.9. The summed E-state index contributed by atoms with van der Waals surface area (Å²) >= 11 is 0. The molecule has 3 aliphatic rings. The first-order valence-corrected chi connectivity index (χ1v) is 15.0. The first kappa shape index (κ1) is 27.7. The van der Waals surface area contributed by atoms with Crippen molar-refractivity contribution < 1.29 is 22.6 Å². The molecule has 0 amide bonds. The van der Waals surface area contributed by atoms with E-state index in [2.05, 4.69) is 17.7 Å². The summed E-state index contributed by atoms with van der Waals surface area (Å²) in [6.07, 6.45) is 7.47. The van der Waals surface area contributed by atoms with Gasteiger partial charge in [0, 0.05) is 35.3 Å². The van der Waals surface area contributed by atoms with Gasteiger partial charge in [0.25, 0.3) is 10.0 Å². The molecule has 0 saturated carbocycles. The fourth-order valence-corrected chi connectivity index (χ4v) is 6.08. The average Bonchev–Trinajstić information content (AvgIpc) is 3.56. The summed E-state index contributed by atoms with van der Waals surface area (Å²) in [6.45, 7) is 8.44. The van der Waals surface area contributed by atoms with Crippen LogP contribution in [0.4, 0.5) is 0 Å². The number of sulfonamides is 1. The molecule has 0 bridgehead atoms. The van der Waals surface area contributed by atoms with Gasteiger partial charge in [0.2, 0.25) is 0 Å². The number of nitriles is 1. The third-order valence-corrected chi connectivity index (χ3v) is 9.02. The quantitative estimate of drug-likeness (QED) is 0.362. The van der Waals surface area contributed by atoms with Crippen molar-refractivity contribution in [3.63, 3.8) is 0 Å². The Morgan fingerprint density at radius 1 is 1.19 bits per heavy atom. The van der Waals surface area contributed by atoms with Gasteiger partial charge in [-0.2, -0.15) is 10.4 Å². The molecule has 0 N–H and O–H groups in total. The maximum absolute atomic E-state index is 13.8. The molecule has 1 aromatic heterocycles. The van der Waals surface area contributed by atoms with E-state index in [1.807, 2.05) is 17.8 Å². The molecule has 10 nitrogen and oxygen atoms in total. The number of amidine groups is 1. The molecular weight excluding hydrogens is 554 g/mol. The summed E-state index contributed by atoms with van der Waals surface area (Å²) in [4.78, 5) is 4.81. The van der Waals surface area contributed by atoms with Crippen molar-refractivity contribution in [3.8, 4) is 11.8 Å². The fourth-order valence-electron chi connectivity index (χ4n) is 4.72. The molecule has 0 radical (unpaired) electrons. The van der Waals surface area contributed by atoms with Crippen molar-refractivity contribution >= 4 is 27.0 Å². The zero-order valence-electron chi connectivity index (χ0n) is 23.0. The highest BCUT2D eigenvalue weighted by Crippen LogP contribution is 2.37. The van der Waals surface area contributed by atoms with E-state index in [1.165, 1.54) is 18.3 Å². The number of benzene rings is 2. The molecule has 0 atom stereocenters. The molecular formula is C31H29N5O5S. The van der Waals surface area contributed by atoms with E-state index in [4.69, 9.17) is 19.2 Å². The Morgan fingerprint density at radius 3 is 2.60 bits per heavy atom. The molecule has 2 saturated heterocycles.